The van der Waals surface area contributed by atoms with E-state index in [9.17, 15) is 0 Å². The van der Waals surface area contributed by atoms with Gasteiger partial charge in [0.05, 0.1) is 21.3 Å². The van der Waals surface area contributed by atoms with Crippen LogP contribution in [0, 0.1) is 0 Å². The third kappa shape index (κ3) is 3.02. The van der Waals surface area contributed by atoms with Gasteiger partial charge in [-0.2, -0.15) is 4.98 Å². The first-order valence-electron chi connectivity index (χ1n) is 9.52. The number of methoxy groups -OCH3 is 3. The van der Waals surface area contributed by atoms with Gasteiger partial charge in [0.1, 0.15) is 5.82 Å². The number of rotatable bonds is 5. The molecule has 2 saturated heterocycles. The average Bonchev–Trinajstić information content (AvgIpc) is 2.96. The summed E-state index contributed by atoms with van der Waals surface area (Å²) < 4.78 is 16.5. The zero-order valence-electron chi connectivity index (χ0n) is 16.5. The first kappa shape index (κ1) is 18.5. The average molecular weight is 385 g/mol. The Morgan fingerprint density at radius 1 is 0.964 bits per heavy atom. The van der Waals surface area contributed by atoms with Gasteiger partial charge in [-0.05, 0) is 31.6 Å². The second-order valence-corrected chi connectivity index (χ2v) is 7.41. The summed E-state index contributed by atoms with van der Waals surface area (Å²) in [6.45, 7) is 0. The second kappa shape index (κ2) is 7.26. The first-order valence-corrected chi connectivity index (χ1v) is 9.52. The van der Waals surface area contributed by atoms with Crippen LogP contribution in [0.4, 0.5) is 17.5 Å². The minimum Gasteiger partial charge on any atom is -0.493 e. The third-order valence-electron chi connectivity index (χ3n) is 5.99. The van der Waals surface area contributed by atoms with E-state index in [0.717, 1.165) is 36.9 Å². The maximum atomic E-state index is 6.13. The second-order valence-electron chi connectivity index (χ2n) is 7.41. The molecule has 8 nitrogen and oxygen atoms in total. The molecule has 2 bridgehead atoms. The standard InChI is InChI=1S/C20H27N5O3/c1-26-16-8-14(9-17(27-2)18(16)28-3)25-12-4-5-13(25)7-11(6-12)15-10-23-20(22)24-19(15)21/h8-13H,4-7H2,1-3H3,(H4,21,22,23,24). The Labute approximate surface area is 164 Å². The van der Waals surface area contributed by atoms with Gasteiger partial charge >= 0.3 is 0 Å². The Balaban J connectivity index is 1.64. The summed E-state index contributed by atoms with van der Waals surface area (Å²) in [7, 11) is 4.91. The fourth-order valence-electron chi connectivity index (χ4n) is 4.80. The molecule has 2 unspecified atom stereocenters. The summed E-state index contributed by atoms with van der Waals surface area (Å²) >= 11 is 0. The van der Waals surface area contributed by atoms with Crippen molar-refractivity contribution in [1.29, 1.82) is 0 Å². The largest absolute Gasteiger partial charge is 0.493 e. The third-order valence-corrected chi connectivity index (χ3v) is 5.99. The molecule has 28 heavy (non-hydrogen) atoms. The van der Waals surface area contributed by atoms with Crippen LogP contribution >= 0.6 is 0 Å². The normalized spacial score (nSPS) is 23.5. The van der Waals surface area contributed by atoms with Crippen LogP contribution in [0.25, 0.3) is 0 Å². The number of nitrogen functional groups attached to an aromatic ring is 2. The first-order chi connectivity index (χ1) is 13.5. The molecular formula is C20H27N5O3. The van der Waals surface area contributed by atoms with Crippen molar-refractivity contribution in [2.45, 2.75) is 43.7 Å². The summed E-state index contributed by atoms with van der Waals surface area (Å²) in [6.07, 6.45) is 6.09. The molecule has 8 heteroatoms. The zero-order valence-corrected chi connectivity index (χ0v) is 16.5. The van der Waals surface area contributed by atoms with Gasteiger partial charge in [-0.3, -0.25) is 0 Å². The van der Waals surface area contributed by atoms with Crippen molar-refractivity contribution in [3.8, 4) is 17.2 Å². The summed E-state index contributed by atoms with van der Waals surface area (Å²) in [4.78, 5) is 10.8. The SMILES string of the molecule is COc1cc(N2C3CCC2CC(c2cnc(N)nc2N)C3)cc(OC)c1OC. The number of anilines is 3. The molecule has 2 atom stereocenters. The van der Waals surface area contributed by atoms with Crippen LogP contribution in [0.2, 0.25) is 0 Å². The van der Waals surface area contributed by atoms with Crippen molar-refractivity contribution in [3.63, 3.8) is 0 Å². The van der Waals surface area contributed by atoms with Gasteiger partial charge in [-0.25, -0.2) is 4.98 Å². The highest BCUT2D eigenvalue weighted by molar-refractivity contribution is 5.65. The monoisotopic (exact) mass is 385 g/mol. The topological polar surface area (TPSA) is 109 Å². The van der Waals surface area contributed by atoms with Gasteiger partial charge in [0, 0.05) is 41.7 Å². The number of nitrogens with two attached hydrogens (primary N) is 2. The lowest BCUT2D eigenvalue weighted by Gasteiger charge is -2.41. The van der Waals surface area contributed by atoms with E-state index in [0.29, 0.717) is 41.1 Å². The Kier molecular flexibility index (Phi) is 4.78. The van der Waals surface area contributed by atoms with Crippen molar-refractivity contribution in [2.24, 2.45) is 0 Å². The molecule has 1 aromatic carbocycles. The molecule has 0 aliphatic carbocycles. The predicted molar refractivity (Wildman–Crippen MR) is 108 cm³/mol. The van der Waals surface area contributed by atoms with Crippen molar-refractivity contribution in [2.75, 3.05) is 37.7 Å². The van der Waals surface area contributed by atoms with E-state index >= 15 is 0 Å². The number of aromatic nitrogens is 2. The Morgan fingerprint density at radius 2 is 1.57 bits per heavy atom. The Morgan fingerprint density at radius 3 is 2.07 bits per heavy atom. The maximum absolute atomic E-state index is 6.13. The van der Waals surface area contributed by atoms with E-state index in [1.807, 2.05) is 12.1 Å². The van der Waals surface area contributed by atoms with Gasteiger partial charge in [0.2, 0.25) is 11.7 Å². The Bertz CT molecular complexity index is 836. The molecule has 2 aliphatic heterocycles. The lowest BCUT2D eigenvalue weighted by molar-refractivity contribution is 0.324. The smallest absolute Gasteiger partial charge is 0.221 e. The van der Waals surface area contributed by atoms with Crippen LogP contribution in [0.1, 0.15) is 37.2 Å². The highest BCUT2D eigenvalue weighted by Crippen LogP contribution is 2.49. The zero-order chi connectivity index (χ0) is 19.8. The molecule has 4 N–H and O–H groups in total. The van der Waals surface area contributed by atoms with Crippen LogP contribution in [-0.4, -0.2) is 43.4 Å². The molecule has 2 aromatic rings. The Hall–Kier alpha value is -2.90. The molecule has 150 valence electrons. The summed E-state index contributed by atoms with van der Waals surface area (Å²) in [5.74, 6) is 3.03. The predicted octanol–water partition coefficient (Wildman–Crippen LogP) is 2.58. The van der Waals surface area contributed by atoms with Crippen LogP contribution in [0.15, 0.2) is 18.3 Å². The number of fused-ring (bicyclic) bond motifs is 2. The van der Waals surface area contributed by atoms with Gasteiger partial charge in [0.15, 0.2) is 11.5 Å². The number of piperidine rings is 1. The minimum absolute atomic E-state index is 0.221. The van der Waals surface area contributed by atoms with E-state index in [4.69, 9.17) is 25.7 Å². The van der Waals surface area contributed by atoms with Gasteiger partial charge in [-0.15, -0.1) is 0 Å². The van der Waals surface area contributed by atoms with Crippen LogP contribution in [-0.2, 0) is 0 Å². The number of hydrogen-bond donors (Lipinski definition) is 2. The van der Waals surface area contributed by atoms with E-state index in [2.05, 4.69) is 14.9 Å². The number of nitrogens with zero attached hydrogens (tertiary/aromatic N) is 3. The number of benzene rings is 1. The van der Waals surface area contributed by atoms with E-state index in [1.165, 1.54) is 0 Å². The number of hydrogen-bond acceptors (Lipinski definition) is 8. The molecule has 2 fully saturated rings. The van der Waals surface area contributed by atoms with Gasteiger partial charge in [-0.1, -0.05) is 0 Å². The summed E-state index contributed by atoms with van der Waals surface area (Å²) in [5, 5.41) is 0. The quantitative estimate of drug-likeness (QED) is 0.808. The highest BCUT2D eigenvalue weighted by atomic mass is 16.5. The minimum atomic E-state index is 0.221. The fraction of sp³-hybridized carbons (Fsp3) is 0.500. The van der Waals surface area contributed by atoms with Crippen molar-refractivity contribution in [3.05, 3.63) is 23.9 Å². The lowest BCUT2D eigenvalue weighted by atomic mass is 9.85. The molecule has 0 amide bonds. The van der Waals surface area contributed by atoms with E-state index in [1.54, 1.807) is 27.5 Å². The van der Waals surface area contributed by atoms with E-state index in [-0.39, 0.29) is 5.95 Å². The van der Waals surface area contributed by atoms with Gasteiger partial charge < -0.3 is 30.6 Å². The van der Waals surface area contributed by atoms with Crippen molar-refractivity contribution in [1.82, 2.24) is 9.97 Å². The maximum Gasteiger partial charge on any atom is 0.221 e. The molecule has 4 rings (SSSR count). The molecule has 2 aliphatic rings. The highest BCUT2D eigenvalue weighted by Gasteiger charge is 2.42. The van der Waals surface area contributed by atoms with E-state index < -0.39 is 0 Å². The molecule has 3 heterocycles. The van der Waals surface area contributed by atoms with Crippen molar-refractivity contribution >= 4 is 17.5 Å². The molecule has 0 radical (unpaired) electrons. The van der Waals surface area contributed by atoms with Crippen LogP contribution in [0.5, 0.6) is 17.2 Å². The number of ether oxygens (including phenoxy) is 3. The van der Waals surface area contributed by atoms with Gasteiger partial charge in [0.25, 0.3) is 0 Å². The van der Waals surface area contributed by atoms with Crippen LogP contribution < -0.4 is 30.6 Å². The summed E-state index contributed by atoms with van der Waals surface area (Å²) in [6, 6.07) is 4.91. The fourth-order valence-corrected chi connectivity index (χ4v) is 4.80. The summed E-state index contributed by atoms with van der Waals surface area (Å²) in [5.41, 5.74) is 13.9. The lowest BCUT2D eigenvalue weighted by Crippen LogP contribution is -2.42. The molecule has 1 aromatic heterocycles. The van der Waals surface area contributed by atoms with Crippen molar-refractivity contribution < 1.29 is 14.2 Å². The molecular weight excluding hydrogens is 358 g/mol. The molecule has 0 saturated carbocycles. The molecule has 0 spiro atoms. The van der Waals surface area contributed by atoms with Crippen LogP contribution in [0.3, 0.4) is 0 Å².